The topological polar surface area (TPSA) is 78.1 Å². The van der Waals surface area contributed by atoms with Crippen molar-refractivity contribution in [3.05, 3.63) is 105 Å². The molecule has 2 aliphatic heterocycles. The monoisotopic (exact) mass is 506 g/mol. The van der Waals surface area contributed by atoms with Crippen LogP contribution in [-0.4, -0.2) is 27.0 Å². The molecule has 2 aliphatic rings. The van der Waals surface area contributed by atoms with E-state index in [2.05, 4.69) is 10.1 Å². The van der Waals surface area contributed by atoms with Crippen LogP contribution in [0.5, 0.6) is 5.75 Å². The van der Waals surface area contributed by atoms with Crippen molar-refractivity contribution in [2.45, 2.75) is 6.61 Å². The average Bonchev–Trinajstić information content (AvgIpc) is 3.26. The van der Waals surface area contributed by atoms with Crippen molar-refractivity contribution in [1.29, 1.82) is 5.41 Å². The SMILES string of the molecule is N=C1/C(=C/c2ccc(OCc3ccccc3Cl)cc2)C(=O)N=C2SC(c3ccccc3Cl)=NN12. The largest absolute Gasteiger partial charge is 0.489 e. The first kappa shape index (κ1) is 22.4. The quantitative estimate of drug-likeness (QED) is 0.415. The molecule has 0 aromatic heterocycles. The number of carbonyl (C=O) groups excluding carboxylic acids is 1. The van der Waals surface area contributed by atoms with Gasteiger partial charge in [0, 0.05) is 16.1 Å². The zero-order chi connectivity index (χ0) is 23.7. The Kier molecular flexibility index (Phi) is 6.24. The lowest BCUT2D eigenvalue weighted by atomic mass is 10.1. The van der Waals surface area contributed by atoms with E-state index >= 15 is 0 Å². The van der Waals surface area contributed by atoms with E-state index < -0.39 is 5.91 Å². The minimum absolute atomic E-state index is 0.0383. The maximum absolute atomic E-state index is 12.7. The molecule has 168 valence electrons. The number of benzene rings is 3. The summed E-state index contributed by atoms with van der Waals surface area (Å²) < 4.78 is 5.80. The second-order valence-corrected chi connectivity index (χ2v) is 9.12. The zero-order valence-corrected chi connectivity index (χ0v) is 19.9. The smallest absolute Gasteiger partial charge is 0.283 e. The van der Waals surface area contributed by atoms with Crippen molar-refractivity contribution in [1.82, 2.24) is 5.01 Å². The standard InChI is InChI=1S/C25H16Cl2N4O2S/c26-20-7-3-1-5-16(20)14-33-17-11-9-15(10-12-17)13-19-22(28)31-25(29-23(19)32)34-24(30-31)18-6-2-4-8-21(18)27/h1-13,28H,14H2/b19-13-,28-22?. The van der Waals surface area contributed by atoms with Gasteiger partial charge in [0.25, 0.3) is 5.91 Å². The maximum Gasteiger partial charge on any atom is 0.283 e. The first-order valence-corrected chi connectivity index (χ1v) is 11.8. The second-order valence-electron chi connectivity index (χ2n) is 7.35. The lowest BCUT2D eigenvalue weighted by molar-refractivity contribution is -0.114. The number of aliphatic imine (C=N–C) groups is 1. The van der Waals surface area contributed by atoms with Gasteiger partial charge in [0.15, 0.2) is 5.84 Å². The Morgan fingerprint density at radius 3 is 2.41 bits per heavy atom. The van der Waals surface area contributed by atoms with Gasteiger partial charge in [-0.2, -0.15) is 15.1 Å². The second kappa shape index (κ2) is 9.46. The van der Waals surface area contributed by atoms with E-state index in [0.29, 0.717) is 32.6 Å². The predicted molar refractivity (Wildman–Crippen MR) is 138 cm³/mol. The first-order valence-electron chi connectivity index (χ1n) is 10.2. The number of carbonyl (C=O) groups is 1. The van der Waals surface area contributed by atoms with Crippen LogP contribution in [0.4, 0.5) is 0 Å². The molecule has 0 radical (unpaired) electrons. The molecule has 0 saturated heterocycles. The van der Waals surface area contributed by atoms with Crippen LogP contribution in [0.3, 0.4) is 0 Å². The Morgan fingerprint density at radius 1 is 0.971 bits per heavy atom. The van der Waals surface area contributed by atoms with Crippen molar-refractivity contribution in [2.24, 2.45) is 10.1 Å². The van der Waals surface area contributed by atoms with E-state index in [1.54, 1.807) is 24.3 Å². The number of rotatable bonds is 5. The molecule has 0 aliphatic carbocycles. The minimum atomic E-state index is -0.488. The van der Waals surface area contributed by atoms with Crippen LogP contribution in [0.15, 0.2) is 88.5 Å². The number of ether oxygens (including phenoxy) is 1. The highest BCUT2D eigenvalue weighted by atomic mass is 35.5. The van der Waals surface area contributed by atoms with Crippen molar-refractivity contribution >= 4 is 63.0 Å². The molecule has 0 fully saturated rings. The van der Waals surface area contributed by atoms with Gasteiger partial charge < -0.3 is 4.74 Å². The number of halogens is 2. The molecule has 6 nitrogen and oxygen atoms in total. The number of fused-ring (bicyclic) bond motifs is 1. The summed E-state index contributed by atoms with van der Waals surface area (Å²) in [6, 6.07) is 22.0. The lowest BCUT2D eigenvalue weighted by Gasteiger charge is -2.20. The molecule has 1 N–H and O–H groups in total. The summed E-state index contributed by atoms with van der Waals surface area (Å²) in [4.78, 5) is 16.8. The summed E-state index contributed by atoms with van der Waals surface area (Å²) in [5.74, 6) is 0.138. The summed E-state index contributed by atoms with van der Waals surface area (Å²) in [7, 11) is 0. The molecule has 0 bridgehead atoms. The lowest BCUT2D eigenvalue weighted by Crippen LogP contribution is -2.35. The summed E-state index contributed by atoms with van der Waals surface area (Å²) in [5.41, 5.74) is 2.51. The molecule has 3 aromatic rings. The third-order valence-corrected chi connectivity index (χ3v) is 6.74. The van der Waals surface area contributed by atoms with Crippen LogP contribution in [-0.2, 0) is 11.4 Å². The number of thioether (sulfide) groups is 1. The van der Waals surface area contributed by atoms with E-state index in [4.69, 9.17) is 33.3 Å². The van der Waals surface area contributed by atoms with Crippen LogP contribution < -0.4 is 4.74 Å². The number of amides is 1. The van der Waals surface area contributed by atoms with Gasteiger partial charge in [-0.3, -0.25) is 10.2 Å². The third-order valence-electron chi connectivity index (χ3n) is 5.10. The molecule has 1 amide bonds. The van der Waals surface area contributed by atoms with E-state index in [1.165, 1.54) is 16.8 Å². The van der Waals surface area contributed by atoms with Crippen LogP contribution in [0.25, 0.3) is 6.08 Å². The fraction of sp³-hybridized carbons (Fsp3) is 0.0400. The van der Waals surface area contributed by atoms with Gasteiger partial charge in [0.05, 0.1) is 10.6 Å². The summed E-state index contributed by atoms with van der Waals surface area (Å²) >= 11 is 13.7. The van der Waals surface area contributed by atoms with Crippen LogP contribution in [0.2, 0.25) is 10.0 Å². The van der Waals surface area contributed by atoms with Gasteiger partial charge in [-0.1, -0.05) is 71.7 Å². The van der Waals surface area contributed by atoms with Gasteiger partial charge in [0.1, 0.15) is 17.4 Å². The Hall–Kier alpha value is -3.39. The molecule has 0 saturated carbocycles. The van der Waals surface area contributed by atoms with Gasteiger partial charge >= 0.3 is 0 Å². The molecule has 0 unspecified atom stereocenters. The van der Waals surface area contributed by atoms with Crippen molar-refractivity contribution in [3.63, 3.8) is 0 Å². The zero-order valence-electron chi connectivity index (χ0n) is 17.5. The summed E-state index contributed by atoms with van der Waals surface area (Å²) in [5, 5.41) is 16.5. The molecule has 9 heteroatoms. The number of amidine groups is 2. The number of nitrogens with one attached hydrogen (secondary N) is 1. The normalized spacial score (nSPS) is 16.4. The first-order chi connectivity index (χ1) is 16.5. The highest BCUT2D eigenvalue weighted by Gasteiger charge is 2.36. The highest BCUT2D eigenvalue weighted by Crippen LogP contribution is 2.33. The average molecular weight is 507 g/mol. The van der Waals surface area contributed by atoms with E-state index in [-0.39, 0.29) is 11.4 Å². The Morgan fingerprint density at radius 2 is 1.68 bits per heavy atom. The van der Waals surface area contributed by atoms with Crippen LogP contribution >= 0.6 is 35.0 Å². The maximum atomic E-state index is 12.7. The van der Waals surface area contributed by atoms with E-state index in [9.17, 15) is 4.79 Å². The predicted octanol–water partition coefficient (Wildman–Crippen LogP) is 6.24. The number of hydrazone groups is 1. The van der Waals surface area contributed by atoms with Crippen LogP contribution in [0, 0.1) is 5.41 Å². The van der Waals surface area contributed by atoms with Crippen molar-refractivity contribution in [2.75, 3.05) is 0 Å². The van der Waals surface area contributed by atoms with Gasteiger partial charge in [-0.05, 0) is 47.7 Å². The van der Waals surface area contributed by atoms with E-state index in [1.807, 2.05) is 54.6 Å². The van der Waals surface area contributed by atoms with Gasteiger partial charge in [0.2, 0.25) is 5.17 Å². The molecule has 5 rings (SSSR count). The number of nitrogens with zero attached hydrogens (tertiary/aromatic N) is 3. The Labute approximate surface area is 210 Å². The minimum Gasteiger partial charge on any atom is -0.489 e. The van der Waals surface area contributed by atoms with Gasteiger partial charge in [-0.15, -0.1) is 0 Å². The van der Waals surface area contributed by atoms with Crippen molar-refractivity contribution < 1.29 is 9.53 Å². The van der Waals surface area contributed by atoms with E-state index in [0.717, 1.165) is 16.7 Å². The Balaban J connectivity index is 1.33. The van der Waals surface area contributed by atoms with Gasteiger partial charge in [-0.25, -0.2) is 0 Å². The number of hydrogen-bond acceptors (Lipinski definition) is 5. The molecule has 0 atom stereocenters. The molecule has 34 heavy (non-hydrogen) atoms. The fourth-order valence-electron chi connectivity index (χ4n) is 3.34. The molecule has 2 heterocycles. The summed E-state index contributed by atoms with van der Waals surface area (Å²) in [6.45, 7) is 0.346. The summed E-state index contributed by atoms with van der Waals surface area (Å²) in [6.07, 6.45) is 1.62. The molecular formula is C25H16Cl2N4O2S. The molecular weight excluding hydrogens is 491 g/mol. The molecule has 0 spiro atoms. The Bertz CT molecular complexity index is 1400. The number of hydrogen-bond donors (Lipinski definition) is 1. The fourth-order valence-corrected chi connectivity index (χ4v) is 4.74. The van der Waals surface area contributed by atoms with Crippen LogP contribution in [0.1, 0.15) is 16.7 Å². The molecule has 3 aromatic carbocycles. The highest BCUT2D eigenvalue weighted by molar-refractivity contribution is 8.27. The van der Waals surface area contributed by atoms with Crippen molar-refractivity contribution in [3.8, 4) is 5.75 Å². The third kappa shape index (κ3) is 4.50.